The summed E-state index contributed by atoms with van der Waals surface area (Å²) in [5.74, 6) is 0.609. The molecule has 1 N–H and O–H groups in total. The van der Waals surface area contributed by atoms with Gasteiger partial charge in [0, 0.05) is 44.6 Å². The third-order valence-corrected chi connectivity index (χ3v) is 6.17. The van der Waals surface area contributed by atoms with Gasteiger partial charge in [-0.05, 0) is 44.7 Å². The molecule has 0 unspecified atom stereocenters. The van der Waals surface area contributed by atoms with Crippen LogP contribution in [0.1, 0.15) is 43.7 Å². The Labute approximate surface area is 163 Å². The van der Waals surface area contributed by atoms with Crippen molar-refractivity contribution in [3.8, 4) is 0 Å². The van der Waals surface area contributed by atoms with E-state index in [2.05, 4.69) is 48.3 Å². The summed E-state index contributed by atoms with van der Waals surface area (Å²) in [6, 6.07) is 8.25. The molecule has 0 aromatic heterocycles. The van der Waals surface area contributed by atoms with E-state index in [4.69, 9.17) is 0 Å². The maximum Gasteiger partial charge on any atom is 0.225 e. The van der Waals surface area contributed by atoms with Crippen LogP contribution in [0.25, 0.3) is 0 Å². The van der Waals surface area contributed by atoms with E-state index in [9.17, 15) is 9.59 Å². The smallest absolute Gasteiger partial charge is 0.225 e. The van der Waals surface area contributed by atoms with Gasteiger partial charge in [-0.1, -0.05) is 36.8 Å². The number of carbonyl (C=O) groups is 2. The Kier molecular flexibility index (Phi) is 6.89. The van der Waals surface area contributed by atoms with Crippen molar-refractivity contribution in [2.75, 3.05) is 32.7 Å². The quantitative estimate of drug-likeness (QED) is 0.866. The van der Waals surface area contributed by atoms with Gasteiger partial charge in [-0.25, -0.2) is 0 Å². The first kappa shape index (κ1) is 19.9. The highest BCUT2D eigenvalue weighted by atomic mass is 16.2. The fourth-order valence-electron chi connectivity index (χ4n) is 4.18. The molecule has 5 nitrogen and oxygen atoms in total. The number of hydrogen-bond donors (Lipinski definition) is 1. The van der Waals surface area contributed by atoms with Crippen molar-refractivity contribution in [3.05, 3.63) is 35.4 Å². The van der Waals surface area contributed by atoms with Crippen LogP contribution in [0.15, 0.2) is 24.3 Å². The van der Waals surface area contributed by atoms with E-state index >= 15 is 0 Å². The van der Waals surface area contributed by atoms with Crippen LogP contribution < -0.4 is 5.32 Å². The second kappa shape index (κ2) is 9.36. The predicted molar refractivity (Wildman–Crippen MR) is 107 cm³/mol. The average molecular weight is 372 g/mol. The molecule has 1 aromatic carbocycles. The van der Waals surface area contributed by atoms with Gasteiger partial charge >= 0.3 is 0 Å². The minimum Gasteiger partial charge on any atom is -0.352 e. The molecule has 0 bridgehead atoms. The standard InChI is InChI=1S/C22H33N3O2/c1-3-24-12-14-25(15-13-24)22(27)20-10-8-19(9-11-20)21(26)23-16-18-6-4-17(2)5-7-18/h4-7,19-20H,3,8-16H2,1-2H3,(H,23,26). The SMILES string of the molecule is CCN1CCN(C(=O)C2CCC(C(=O)NCc3ccc(C)cc3)CC2)CC1. The number of rotatable bonds is 5. The van der Waals surface area contributed by atoms with Crippen LogP contribution in [0.5, 0.6) is 0 Å². The van der Waals surface area contributed by atoms with E-state index < -0.39 is 0 Å². The average Bonchev–Trinajstić information content (AvgIpc) is 2.73. The molecule has 1 aliphatic heterocycles. The predicted octanol–water partition coefficient (Wildman–Crippen LogP) is 2.58. The minimum absolute atomic E-state index is 0.0523. The molecule has 1 saturated carbocycles. The molecule has 27 heavy (non-hydrogen) atoms. The third-order valence-electron chi connectivity index (χ3n) is 6.17. The lowest BCUT2D eigenvalue weighted by Gasteiger charge is -2.37. The number of nitrogens with zero attached hydrogens (tertiary/aromatic N) is 2. The van der Waals surface area contributed by atoms with Gasteiger partial charge in [0.1, 0.15) is 0 Å². The number of amides is 2. The number of nitrogens with one attached hydrogen (secondary N) is 1. The third kappa shape index (κ3) is 5.32. The summed E-state index contributed by atoms with van der Waals surface area (Å²) in [5, 5.41) is 3.07. The van der Waals surface area contributed by atoms with Gasteiger partial charge in [-0.2, -0.15) is 0 Å². The molecule has 1 heterocycles. The second-order valence-electron chi connectivity index (χ2n) is 8.01. The first-order valence-electron chi connectivity index (χ1n) is 10.4. The van der Waals surface area contributed by atoms with Gasteiger partial charge in [0.15, 0.2) is 0 Å². The number of carbonyl (C=O) groups excluding carboxylic acids is 2. The Balaban J connectivity index is 1.41. The molecule has 0 atom stereocenters. The van der Waals surface area contributed by atoms with Crippen LogP contribution in [0.3, 0.4) is 0 Å². The van der Waals surface area contributed by atoms with Crippen molar-refractivity contribution < 1.29 is 9.59 Å². The summed E-state index contributed by atoms with van der Waals surface area (Å²) in [5.41, 5.74) is 2.35. The molecule has 1 saturated heterocycles. The molecule has 5 heteroatoms. The number of hydrogen-bond acceptors (Lipinski definition) is 3. The lowest BCUT2D eigenvalue weighted by Crippen LogP contribution is -2.50. The van der Waals surface area contributed by atoms with Crippen molar-refractivity contribution in [1.82, 2.24) is 15.1 Å². The number of piperazine rings is 1. The van der Waals surface area contributed by atoms with Gasteiger partial charge in [-0.15, -0.1) is 0 Å². The highest BCUT2D eigenvalue weighted by Gasteiger charge is 2.33. The topological polar surface area (TPSA) is 52.7 Å². The zero-order valence-corrected chi connectivity index (χ0v) is 16.7. The molecule has 2 fully saturated rings. The fourth-order valence-corrected chi connectivity index (χ4v) is 4.18. The van der Waals surface area contributed by atoms with Crippen LogP contribution in [-0.4, -0.2) is 54.3 Å². The lowest BCUT2D eigenvalue weighted by molar-refractivity contribution is -0.140. The number of benzene rings is 1. The molecule has 1 aromatic rings. The molecule has 0 spiro atoms. The highest BCUT2D eigenvalue weighted by Crippen LogP contribution is 2.30. The first-order chi connectivity index (χ1) is 13.1. The molecule has 148 valence electrons. The second-order valence-corrected chi connectivity index (χ2v) is 8.01. The minimum atomic E-state index is 0.0523. The normalized spacial score (nSPS) is 23.9. The Morgan fingerprint density at radius 3 is 2.15 bits per heavy atom. The maximum atomic E-state index is 12.8. The Morgan fingerprint density at radius 1 is 0.963 bits per heavy atom. The number of likely N-dealkylation sites (N-methyl/N-ethyl adjacent to an activating group) is 1. The Bertz CT molecular complexity index is 627. The summed E-state index contributed by atoms with van der Waals surface area (Å²) < 4.78 is 0. The zero-order chi connectivity index (χ0) is 19.2. The fraction of sp³-hybridized carbons (Fsp3) is 0.636. The molecule has 3 rings (SSSR count). The van der Waals surface area contributed by atoms with E-state index in [1.165, 1.54) is 5.56 Å². The van der Waals surface area contributed by atoms with E-state index in [-0.39, 0.29) is 17.7 Å². The van der Waals surface area contributed by atoms with Crippen LogP contribution >= 0.6 is 0 Å². The van der Waals surface area contributed by atoms with Crippen molar-refractivity contribution in [2.24, 2.45) is 11.8 Å². The Hall–Kier alpha value is -1.88. The molecular formula is C22H33N3O2. The van der Waals surface area contributed by atoms with Crippen molar-refractivity contribution in [1.29, 1.82) is 0 Å². The van der Waals surface area contributed by atoms with Crippen LogP contribution in [-0.2, 0) is 16.1 Å². The summed E-state index contributed by atoms with van der Waals surface area (Å²) in [6.07, 6.45) is 3.33. The van der Waals surface area contributed by atoms with Crippen LogP contribution in [0, 0.1) is 18.8 Å². The van der Waals surface area contributed by atoms with Gasteiger partial charge in [0.05, 0.1) is 0 Å². The molecule has 1 aliphatic carbocycles. The lowest BCUT2D eigenvalue weighted by atomic mass is 9.80. The van der Waals surface area contributed by atoms with Crippen molar-refractivity contribution in [3.63, 3.8) is 0 Å². The summed E-state index contributed by atoms with van der Waals surface area (Å²) in [7, 11) is 0. The zero-order valence-electron chi connectivity index (χ0n) is 16.7. The summed E-state index contributed by atoms with van der Waals surface area (Å²) >= 11 is 0. The molecule has 0 radical (unpaired) electrons. The van der Waals surface area contributed by atoms with Crippen LogP contribution in [0.2, 0.25) is 0 Å². The molecule has 2 amide bonds. The van der Waals surface area contributed by atoms with E-state index in [0.29, 0.717) is 12.5 Å². The summed E-state index contributed by atoms with van der Waals surface area (Å²) in [4.78, 5) is 29.7. The van der Waals surface area contributed by atoms with Gasteiger partial charge in [-0.3, -0.25) is 9.59 Å². The molecule has 2 aliphatic rings. The summed E-state index contributed by atoms with van der Waals surface area (Å²) in [6.45, 7) is 9.55. The van der Waals surface area contributed by atoms with Gasteiger partial charge in [0.2, 0.25) is 11.8 Å². The monoisotopic (exact) mass is 371 g/mol. The largest absolute Gasteiger partial charge is 0.352 e. The number of aryl methyl sites for hydroxylation is 1. The van der Waals surface area contributed by atoms with Crippen molar-refractivity contribution in [2.45, 2.75) is 46.1 Å². The van der Waals surface area contributed by atoms with Crippen molar-refractivity contribution >= 4 is 11.8 Å². The first-order valence-corrected chi connectivity index (χ1v) is 10.4. The van der Waals surface area contributed by atoms with Gasteiger partial charge in [0.25, 0.3) is 0 Å². The van der Waals surface area contributed by atoms with Gasteiger partial charge < -0.3 is 15.1 Å². The van der Waals surface area contributed by atoms with E-state index in [1.54, 1.807) is 0 Å². The van der Waals surface area contributed by atoms with E-state index in [0.717, 1.165) is 64.0 Å². The van der Waals surface area contributed by atoms with Crippen LogP contribution in [0.4, 0.5) is 0 Å². The maximum absolute atomic E-state index is 12.8. The van der Waals surface area contributed by atoms with E-state index in [1.807, 2.05) is 4.90 Å². The Morgan fingerprint density at radius 2 is 1.56 bits per heavy atom. The molecular weight excluding hydrogens is 338 g/mol. The highest BCUT2D eigenvalue weighted by molar-refractivity contribution is 5.81.